The molecule has 0 atom stereocenters. The number of hydrogen-bond acceptors (Lipinski definition) is 1. The summed E-state index contributed by atoms with van der Waals surface area (Å²) < 4.78 is 31.6. The Hall–Kier alpha value is -1.63. The highest BCUT2D eigenvalue weighted by molar-refractivity contribution is 5.18. The lowest BCUT2D eigenvalue weighted by molar-refractivity contribution is 0.214. The molecule has 0 aliphatic rings. The van der Waals surface area contributed by atoms with E-state index >= 15 is 0 Å². The molecule has 70 valence electrons. The van der Waals surface area contributed by atoms with Gasteiger partial charge in [0.2, 0.25) is 0 Å². The van der Waals surface area contributed by atoms with Gasteiger partial charge < -0.3 is 5.11 Å². The standard InChI is InChI=1S/C6H6O.C3HF3/c7-6-4-2-1-3-5-6;4-2-1-3(5)6/h1-5,7H;3H. The van der Waals surface area contributed by atoms with Crippen LogP contribution in [0.15, 0.2) is 30.3 Å². The van der Waals surface area contributed by atoms with Crippen molar-refractivity contribution >= 4 is 0 Å². The molecule has 0 fully saturated rings. The largest absolute Gasteiger partial charge is 0.508 e. The van der Waals surface area contributed by atoms with Crippen molar-refractivity contribution in [2.75, 3.05) is 0 Å². The molecule has 1 rings (SSSR count). The predicted octanol–water partition coefficient (Wildman–Crippen LogP) is 2.57. The van der Waals surface area contributed by atoms with Gasteiger partial charge >= 0.3 is 6.43 Å². The maximum Gasteiger partial charge on any atom is 0.301 e. The van der Waals surface area contributed by atoms with Crippen molar-refractivity contribution in [3.63, 3.8) is 0 Å². The molecule has 1 aromatic rings. The molecule has 0 aliphatic heterocycles. The van der Waals surface area contributed by atoms with Crippen LogP contribution >= 0.6 is 0 Å². The van der Waals surface area contributed by atoms with Gasteiger partial charge in [-0.2, -0.15) is 8.78 Å². The Balaban J connectivity index is 0.000000226. The van der Waals surface area contributed by atoms with Gasteiger partial charge in [-0.05, 0) is 12.1 Å². The number of hydrogen-bond donors (Lipinski definition) is 1. The first-order chi connectivity index (χ1) is 6.16. The quantitative estimate of drug-likeness (QED) is 0.620. The summed E-state index contributed by atoms with van der Waals surface area (Å²) >= 11 is 0. The van der Waals surface area contributed by atoms with E-state index in [9.17, 15) is 13.2 Å². The van der Waals surface area contributed by atoms with Gasteiger partial charge in [0.05, 0.1) is 0 Å². The van der Waals surface area contributed by atoms with Crippen LogP contribution in [0.2, 0.25) is 0 Å². The van der Waals surface area contributed by atoms with Crippen molar-refractivity contribution in [1.82, 2.24) is 0 Å². The number of halogens is 3. The van der Waals surface area contributed by atoms with E-state index < -0.39 is 6.43 Å². The highest BCUT2D eigenvalue weighted by Crippen LogP contribution is 2.02. The highest BCUT2D eigenvalue weighted by Gasteiger charge is 1.88. The van der Waals surface area contributed by atoms with Gasteiger partial charge in [-0.1, -0.05) is 18.2 Å². The Morgan fingerprint density at radius 2 is 1.69 bits per heavy atom. The van der Waals surface area contributed by atoms with Crippen LogP contribution in [0.5, 0.6) is 5.75 Å². The first-order valence-electron chi connectivity index (χ1n) is 3.30. The fourth-order valence-electron chi connectivity index (χ4n) is 0.469. The molecule has 4 heteroatoms. The predicted molar refractivity (Wildman–Crippen MR) is 43.0 cm³/mol. The normalized spacial score (nSPS) is 8.00. The molecule has 1 N–H and O–H groups in total. The van der Waals surface area contributed by atoms with E-state index in [2.05, 4.69) is 0 Å². The summed E-state index contributed by atoms with van der Waals surface area (Å²) in [7, 11) is 0. The minimum atomic E-state index is -2.84. The van der Waals surface area contributed by atoms with Gasteiger partial charge in [0, 0.05) is 5.92 Å². The SMILES string of the molecule is FC#CC(F)F.Oc1ccccc1. The van der Waals surface area contributed by atoms with Gasteiger partial charge in [-0.15, -0.1) is 4.39 Å². The average molecular weight is 188 g/mol. The van der Waals surface area contributed by atoms with Crippen molar-refractivity contribution in [2.24, 2.45) is 0 Å². The summed E-state index contributed by atoms with van der Waals surface area (Å²) in [5.41, 5.74) is 0. The molecule has 0 bridgehead atoms. The number of phenols is 1. The van der Waals surface area contributed by atoms with Crippen molar-refractivity contribution < 1.29 is 18.3 Å². The molecule has 0 heterocycles. The Morgan fingerprint density at radius 1 is 1.15 bits per heavy atom. The lowest BCUT2D eigenvalue weighted by Gasteiger charge is -1.82. The van der Waals surface area contributed by atoms with Crippen molar-refractivity contribution in [2.45, 2.75) is 6.43 Å². The summed E-state index contributed by atoms with van der Waals surface area (Å²) in [6, 6.07) is 8.71. The monoisotopic (exact) mass is 188 g/mol. The van der Waals surface area contributed by atoms with Crippen molar-refractivity contribution in [1.29, 1.82) is 0 Å². The Bertz CT molecular complexity index is 274. The number of aromatic hydroxyl groups is 1. The first-order valence-corrected chi connectivity index (χ1v) is 3.30. The molecular weight excluding hydrogens is 181 g/mol. The topological polar surface area (TPSA) is 20.2 Å². The molecule has 0 saturated heterocycles. The van der Waals surface area contributed by atoms with Crippen LogP contribution in [0.3, 0.4) is 0 Å². The van der Waals surface area contributed by atoms with E-state index in [-0.39, 0.29) is 0 Å². The lowest BCUT2D eigenvalue weighted by Crippen LogP contribution is -1.77. The van der Waals surface area contributed by atoms with Gasteiger partial charge in [-0.3, -0.25) is 0 Å². The molecule has 0 radical (unpaired) electrons. The maximum absolute atomic E-state index is 10.6. The van der Waals surface area contributed by atoms with E-state index in [0.717, 1.165) is 5.92 Å². The molecule has 1 aromatic carbocycles. The second kappa shape index (κ2) is 7.04. The van der Waals surface area contributed by atoms with Crippen LogP contribution in [0.25, 0.3) is 0 Å². The van der Waals surface area contributed by atoms with E-state index in [0.29, 0.717) is 11.9 Å². The fraction of sp³-hybridized carbons (Fsp3) is 0.111. The van der Waals surface area contributed by atoms with E-state index in [4.69, 9.17) is 5.11 Å². The van der Waals surface area contributed by atoms with Crippen LogP contribution in [-0.4, -0.2) is 11.5 Å². The van der Waals surface area contributed by atoms with Crippen molar-refractivity contribution in [3.05, 3.63) is 30.3 Å². The van der Waals surface area contributed by atoms with E-state index in [1.54, 1.807) is 24.3 Å². The lowest BCUT2D eigenvalue weighted by atomic mass is 10.3. The summed E-state index contributed by atoms with van der Waals surface area (Å²) in [6.07, 6.45) is -2.27. The zero-order valence-electron chi connectivity index (χ0n) is 6.55. The molecule has 0 unspecified atom stereocenters. The molecule has 0 spiro atoms. The third kappa shape index (κ3) is 8.27. The number of rotatable bonds is 0. The molecule has 0 amide bonds. The molecule has 13 heavy (non-hydrogen) atoms. The molecule has 0 saturated carbocycles. The van der Waals surface area contributed by atoms with Gasteiger partial charge in [0.1, 0.15) is 11.9 Å². The zero-order chi connectivity index (χ0) is 10.1. The third-order valence-corrected chi connectivity index (χ3v) is 0.920. The summed E-state index contributed by atoms with van der Waals surface area (Å²) in [4.78, 5) is 0. The van der Waals surface area contributed by atoms with Crippen LogP contribution in [0, 0.1) is 12.1 Å². The smallest absolute Gasteiger partial charge is 0.301 e. The second-order valence-electron chi connectivity index (χ2n) is 1.88. The molecular formula is C9H7F3O. The third-order valence-electron chi connectivity index (χ3n) is 0.920. The Labute approximate surface area is 73.8 Å². The number of phenolic OH excluding ortho intramolecular Hbond substituents is 1. The summed E-state index contributed by atoms with van der Waals surface area (Å²) in [5.74, 6) is 1.28. The first kappa shape index (κ1) is 11.4. The van der Waals surface area contributed by atoms with E-state index in [1.807, 2.05) is 6.07 Å². The molecule has 0 aromatic heterocycles. The van der Waals surface area contributed by atoms with Crippen LogP contribution in [0.1, 0.15) is 0 Å². The zero-order valence-corrected chi connectivity index (χ0v) is 6.55. The fourth-order valence-corrected chi connectivity index (χ4v) is 0.469. The van der Waals surface area contributed by atoms with Gasteiger partial charge in [-0.25, -0.2) is 0 Å². The van der Waals surface area contributed by atoms with Gasteiger partial charge in [0.25, 0.3) is 0 Å². The summed E-state index contributed by atoms with van der Waals surface area (Å²) in [5, 5.41) is 8.63. The van der Waals surface area contributed by atoms with Crippen LogP contribution in [-0.2, 0) is 0 Å². The minimum absolute atomic E-state index is 0.322. The van der Waals surface area contributed by atoms with Crippen molar-refractivity contribution in [3.8, 4) is 17.8 Å². The minimum Gasteiger partial charge on any atom is -0.508 e. The highest BCUT2D eigenvalue weighted by atomic mass is 19.3. The maximum atomic E-state index is 10.6. The number of para-hydroxylation sites is 1. The molecule has 1 nitrogen and oxygen atoms in total. The van der Waals surface area contributed by atoms with Crippen LogP contribution in [0.4, 0.5) is 13.2 Å². The summed E-state index contributed by atoms with van der Waals surface area (Å²) in [6.45, 7) is 0. The second-order valence-corrected chi connectivity index (χ2v) is 1.88. The average Bonchev–Trinajstić information content (AvgIpc) is 2.06. The number of alkyl halides is 2. The Kier molecular flexibility index (Phi) is 6.16. The van der Waals surface area contributed by atoms with Gasteiger partial charge in [0.15, 0.2) is 0 Å². The van der Waals surface area contributed by atoms with E-state index in [1.165, 1.54) is 0 Å². The van der Waals surface area contributed by atoms with Crippen LogP contribution < -0.4 is 0 Å². The molecule has 0 aliphatic carbocycles. The number of benzene rings is 1. The Morgan fingerprint density at radius 3 is 1.85 bits per heavy atom.